The van der Waals surface area contributed by atoms with E-state index >= 15 is 0 Å². The largest absolute Gasteiger partial charge is 0.396 e. The van der Waals surface area contributed by atoms with Gasteiger partial charge in [-0.05, 0) is 46.1 Å². The summed E-state index contributed by atoms with van der Waals surface area (Å²) >= 11 is 0. The van der Waals surface area contributed by atoms with Crippen LogP contribution in [0, 0.1) is 0 Å². The number of hydrogen-bond donors (Lipinski definition) is 3. The topological polar surface area (TPSA) is 67.5 Å². The van der Waals surface area contributed by atoms with Crippen LogP contribution in [0.5, 0.6) is 0 Å². The fourth-order valence-electron chi connectivity index (χ4n) is 2.65. The van der Waals surface area contributed by atoms with Gasteiger partial charge in [0.15, 0.2) is 0 Å². The molecule has 0 bridgehead atoms. The van der Waals surface area contributed by atoms with E-state index in [1.807, 2.05) is 0 Å². The third-order valence-corrected chi connectivity index (χ3v) is 3.30. The Bertz CT molecular complexity index is 189. The van der Waals surface area contributed by atoms with Gasteiger partial charge in [0.25, 0.3) is 0 Å². The molecule has 2 unspecified atom stereocenters. The molecule has 1 saturated heterocycles. The molecule has 0 saturated carbocycles. The van der Waals surface area contributed by atoms with Crippen molar-refractivity contribution in [2.24, 2.45) is 5.73 Å². The minimum absolute atomic E-state index is 0.0343. The molecule has 16 heavy (non-hydrogen) atoms. The predicted octanol–water partition coefficient (Wildman–Crippen LogP) is 0.633. The molecule has 1 aliphatic heterocycles. The van der Waals surface area contributed by atoms with Gasteiger partial charge in [-0.25, -0.2) is 0 Å². The van der Waals surface area contributed by atoms with E-state index < -0.39 is 0 Å². The van der Waals surface area contributed by atoms with Crippen LogP contribution in [-0.4, -0.2) is 42.5 Å². The standard InChI is InChI=1S/C12H26N2O2/c1-10-7-12(9-13,8-11(2)16-10)14-5-3-4-6-15/h10-11,14-15H,3-9,13H2,1-2H3. The summed E-state index contributed by atoms with van der Waals surface area (Å²) in [5.74, 6) is 0. The molecule has 1 heterocycles. The minimum Gasteiger partial charge on any atom is -0.396 e. The molecule has 0 spiro atoms. The highest BCUT2D eigenvalue weighted by atomic mass is 16.5. The second kappa shape index (κ2) is 6.55. The molecule has 0 amide bonds. The average Bonchev–Trinajstić information content (AvgIpc) is 2.23. The minimum atomic E-state index is 0.0343. The highest BCUT2D eigenvalue weighted by Crippen LogP contribution is 2.28. The van der Waals surface area contributed by atoms with Crippen molar-refractivity contribution in [3.05, 3.63) is 0 Å². The Hall–Kier alpha value is -0.160. The van der Waals surface area contributed by atoms with Crippen molar-refractivity contribution in [1.82, 2.24) is 5.32 Å². The molecule has 4 N–H and O–H groups in total. The van der Waals surface area contributed by atoms with Gasteiger partial charge in [-0.1, -0.05) is 0 Å². The molecular formula is C12H26N2O2. The van der Waals surface area contributed by atoms with Crippen LogP contribution in [0.2, 0.25) is 0 Å². The number of ether oxygens (including phenoxy) is 1. The lowest BCUT2D eigenvalue weighted by Crippen LogP contribution is -2.58. The lowest BCUT2D eigenvalue weighted by Gasteiger charge is -2.43. The van der Waals surface area contributed by atoms with E-state index in [0.29, 0.717) is 6.54 Å². The first-order chi connectivity index (χ1) is 7.62. The fraction of sp³-hybridized carbons (Fsp3) is 1.00. The molecule has 0 aliphatic carbocycles. The number of unbranched alkanes of at least 4 members (excludes halogenated alkanes) is 1. The van der Waals surface area contributed by atoms with Crippen LogP contribution in [0.15, 0.2) is 0 Å². The molecule has 1 aliphatic rings. The molecule has 2 atom stereocenters. The van der Waals surface area contributed by atoms with Gasteiger partial charge in [-0.3, -0.25) is 0 Å². The Morgan fingerprint density at radius 2 is 1.94 bits per heavy atom. The second-order valence-electron chi connectivity index (χ2n) is 5.01. The number of rotatable bonds is 6. The quantitative estimate of drug-likeness (QED) is 0.586. The second-order valence-corrected chi connectivity index (χ2v) is 5.01. The first kappa shape index (κ1) is 13.9. The zero-order valence-electron chi connectivity index (χ0n) is 10.5. The van der Waals surface area contributed by atoms with Crippen molar-refractivity contribution in [3.63, 3.8) is 0 Å². The van der Waals surface area contributed by atoms with Crippen LogP contribution >= 0.6 is 0 Å². The van der Waals surface area contributed by atoms with E-state index in [9.17, 15) is 0 Å². The summed E-state index contributed by atoms with van der Waals surface area (Å²) in [6.45, 7) is 6.07. The Balaban J connectivity index is 2.42. The molecule has 4 heteroatoms. The first-order valence-corrected chi connectivity index (χ1v) is 6.33. The van der Waals surface area contributed by atoms with Gasteiger partial charge in [0, 0.05) is 18.7 Å². The summed E-state index contributed by atoms with van der Waals surface area (Å²) in [5, 5.41) is 12.3. The van der Waals surface area contributed by atoms with Crippen molar-refractivity contribution < 1.29 is 9.84 Å². The van der Waals surface area contributed by atoms with Crippen LogP contribution in [0.25, 0.3) is 0 Å². The van der Waals surface area contributed by atoms with Crippen molar-refractivity contribution >= 4 is 0 Å². The molecule has 0 aromatic carbocycles. The summed E-state index contributed by atoms with van der Waals surface area (Å²) < 4.78 is 5.74. The Morgan fingerprint density at radius 1 is 1.31 bits per heavy atom. The average molecular weight is 230 g/mol. The normalized spacial score (nSPS) is 35.2. The Labute approximate surface area is 98.5 Å². The molecule has 0 aromatic heterocycles. The van der Waals surface area contributed by atoms with Gasteiger partial charge in [-0.2, -0.15) is 0 Å². The highest BCUT2D eigenvalue weighted by Gasteiger charge is 2.36. The van der Waals surface area contributed by atoms with Crippen molar-refractivity contribution in [2.75, 3.05) is 19.7 Å². The maximum atomic E-state index is 8.74. The monoisotopic (exact) mass is 230 g/mol. The van der Waals surface area contributed by atoms with Crippen LogP contribution < -0.4 is 11.1 Å². The van der Waals surface area contributed by atoms with Crippen molar-refractivity contribution in [2.45, 2.75) is 57.3 Å². The van der Waals surface area contributed by atoms with Crippen molar-refractivity contribution in [1.29, 1.82) is 0 Å². The van der Waals surface area contributed by atoms with Crippen LogP contribution in [0.3, 0.4) is 0 Å². The number of aliphatic hydroxyl groups is 1. The summed E-state index contributed by atoms with van der Waals surface area (Å²) in [5.41, 5.74) is 5.94. The fourth-order valence-corrected chi connectivity index (χ4v) is 2.65. The number of nitrogens with two attached hydrogens (primary N) is 1. The van der Waals surface area contributed by atoms with E-state index in [1.54, 1.807) is 0 Å². The Kier molecular flexibility index (Phi) is 5.69. The summed E-state index contributed by atoms with van der Waals surface area (Å²) in [6, 6.07) is 0. The van der Waals surface area contributed by atoms with Crippen molar-refractivity contribution in [3.8, 4) is 0 Å². The van der Waals surface area contributed by atoms with E-state index in [0.717, 1.165) is 32.2 Å². The van der Waals surface area contributed by atoms with Crippen LogP contribution in [-0.2, 0) is 4.74 Å². The van der Waals surface area contributed by atoms with Crippen LogP contribution in [0.4, 0.5) is 0 Å². The predicted molar refractivity (Wildman–Crippen MR) is 65.4 cm³/mol. The summed E-state index contributed by atoms with van der Waals surface area (Å²) in [7, 11) is 0. The van der Waals surface area contributed by atoms with Gasteiger partial charge < -0.3 is 20.9 Å². The van der Waals surface area contributed by atoms with E-state index in [2.05, 4.69) is 19.2 Å². The zero-order chi connectivity index (χ0) is 12.0. The lowest BCUT2D eigenvalue weighted by molar-refractivity contribution is -0.0670. The van der Waals surface area contributed by atoms with E-state index in [4.69, 9.17) is 15.6 Å². The van der Waals surface area contributed by atoms with Gasteiger partial charge in [0.2, 0.25) is 0 Å². The molecule has 4 nitrogen and oxygen atoms in total. The molecule has 96 valence electrons. The number of nitrogens with one attached hydrogen (secondary N) is 1. The summed E-state index contributed by atoms with van der Waals surface area (Å²) in [4.78, 5) is 0. The lowest BCUT2D eigenvalue weighted by atomic mass is 9.84. The van der Waals surface area contributed by atoms with Crippen LogP contribution in [0.1, 0.15) is 39.5 Å². The molecule has 0 radical (unpaired) electrons. The highest BCUT2D eigenvalue weighted by molar-refractivity contribution is 4.95. The molecule has 0 aromatic rings. The molecule has 1 fully saturated rings. The molecule has 1 rings (SSSR count). The van der Waals surface area contributed by atoms with Gasteiger partial charge in [0.1, 0.15) is 0 Å². The maximum absolute atomic E-state index is 8.74. The first-order valence-electron chi connectivity index (χ1n) is 6.33. The van der Waals surface area contributed by atoms with Gasteiger partial charge in [-0.15, -0.1) is 0 Å². The third kappa shape index (κ3) is 4.01. The third-order valence-electron chi connectivity index (χ3n) is 3.30. The summed E-state index contributed by atoms with van der Waals surface area (Å²) in [6.07, 6.45) is 4.37. The Morgan fingerprint density at radius 3 is 2.44 bits per heavy atom. The van der Waals surface area contributed by atoms with E-state index in [-0.39, 0.29) is 24.4 Å². The maximum Gasteiger partial charge on any atom is 0.0568 e. The SMILES string of the molecule is CC1CC(CN)(NCCCCO)CC(C)O1. The zero-order valence-corrected chi connectivity index (χ0v) is 10.5. The van der Waals surface area contributed by atoms with Gasteiger partial charge in [0.05, 0.1) is 12.2 Å². The van der Waals surface area contributed by atoms with Gasteiger partial charge >= 0.3 is 0 Å². The number of aliphatic hydroxyl groups excluding tert-OH is 1. The number of hydrogen-bond acceptors (Lipinski definition) is 4. The smallest absolute Gasteiger partial charge is 0.0568 e. The van der Waals surface area contributed by atoms with E-state index in [1.165, 1.54) is 0 Å². The molecular weight excluding hydrogens is 204 g/mol.